The van der Waals surface area contributed by atoms with Crippen LogP contribution in [0, 0.1) is 0 Å². The molecule has 0 aromatic heterocycles. The fourth-order valence-corrected chi connectivity index (χ4v) is 1.33. The molecule has 0 aliphatic carbocycles. The van der Waals surface area contributed by atoms with Gasteiger partial charge in [0.05, 0.1) is 0 Å². The molecule has 2 aliphatic rings. The molecule has 2 aliphatic heterocycles. The molecule has 56 valence electrons. The average molecular weight is 142 g/mol. The Balaban J connectivity index is 2.02. The minimum atomic E-state index is -0.271. The summed E-state index contributed by atoms with van der Waals surface area (Å²) in [6.07, 6.45) is 0.666. The zero-order valence-electron chi connectivity index (χ0n) is 5.64. The van der Waals surface area contributed by atoms with E-state index in [0.29, 0.717) is 0 Å². The highest BCUT2D eigenvalue weighted by atomic mass is 16.6. The molecule has 2 heterocycles. The fourth-order valence-electron chi connectivity index (χ4n) is 1.33. The van der Waals surface area contributed by atoms with E-state index in [9.17, 15) is 4.79 Å². The Kier molecular flexibility index (Phi) is 1.11. The largest absolute Gasteiger partial charge is 0.440 e. The number of rotatable bonds is 0. The van der Waals surface area contributed by atoms with Gasteiger partial charge in [0.15, 0.2) is 0 Å². The van der Waals surface area contributed by atoms with Crippen molar-refractivity contribution >= 4 is 6.09 Å². The second-order valence-electron chi connectivity index (χ2n) is 2.85. The van der Waals surface area contributed by atoms with Gasteiger partial charge in [0, 0.05) is 26.1 Å². The Morgan fingerprint density at radius 2 is 2.30 bits per heavy atom. The van der Waals surface area contributed by atoms with Gasteiger partial charge in [0.2, 0.25) is 0 Å². The van der Waals surface area contributed by atoms with Crippen LogP contribution in [0.4, 0.5) is 4.79 Å². The monoisotopic (exact) mass is 142 g/mol. The minimum Gasteiger partial charge on any atom is -0.440 e. The molecule has 4 nitrogen and oxygen atoms in total. The Bertz CT molecular complexity index is 165. The molecule has 0 saturated carbocycles. The van der Waals surface area contributed by atoms with Crippen molar-refractivity contribution < 1.29 is 9.53 Å². The summed E-state index contributed by atoms with van der Waals surface area (Å²) >= 11 is 0. The number of ether oxygens (including phenoxy) is 1. The maximum Gasteiger partial charge on any atom is 0.407 e. The smallest absolute Gasteiger partial charge is 0.407 e. The molecule has 2 saturated heterocycles. The predicted molar refractivity (Wildman–Crippen MR) is 34.7 cm³/mol. The summed E-state index contributed by atoms with van der Waals surface area (Å²) in [6.45, 7) is 2.39. The van der Waals surface area contributed by atoms with Gasteiger partial charge in [-0.25, -0.2) is 4.79 Å². The van der Waals surface area contributed by atoms with E-state index in [2.05, 4.69) is 10.6 Å². The molecule has 2 fully saturated rings. The number of carbonyl (C=O) groups is 1. The summed E-state index contributed by atoms with van der Waals surface area (Å²) in [7, 11) is 0. The predicted octanol–water partition coefficient (Wildman–Crippen LogP) is -0.542. The van der Waals surface area contributed by atoms with Crippen LogP contribution in [0.1, 0.15) is 6.42 Å². The molecule has 2 N–H and O–H groups in total. The number of hydrogen-bond acceptors (Lipinski definition) is 3. The van der Waals surface area contributed by atoms with Crippen LogP contribution in [0.3, 0.4) is 0 Å². The molecule has 1 amide bonds. The Morgan fingerprint density at radius 3 is 2.70 bits per heavy atom. The summed E-state index contributed by atoms with van der Waals surface area (Å²) in [5, 5.41) is 5.70. The maximum atomic E-state index is 10.7. The lowest BCUT2D eigenvalue weighted by molar-refractivity contribution is -0.0484. The second kappa shape index (κ2) is 1.85. The van der Waals surface area contributed by atoms with Gasteiger partial charge in [-0.3, -0.25) is 0 Å². The molecule has 1 spiro atoms. The van der Waals surface area contributed by atoms with Crippen LogP contribution in [0.15, 0.2) is 0 Å². The third-order valence-electron chi connectivity index (χ3n) is 2.05. The summed E-state index contributed by atoms with van der Waals surface area (Å²) in [5.41, 5.74) is -0.150. The zero-order valence-corrected chi connectivity index (χ0v) is 5.64. The van der Waals surface area contributed by atoms with Crippen molar-refractivity contribution in [3.63, 3.8) is 0 Å². The van der Waals surface area contributed by atoms with Crippen molar-refractivity contribution in [2.45, 2.75) is 12.0 Å². The summed E-state index contributed by atoms with van der Waals surface area (Å²) in [4.78, 5) is 10.7. The van der Waals surface area contributed by atoms with Crippen molar-refractivity contribution in [3.05, 3.63) is 0 Å². The lowest BCUT2D eigenvalue weighted by Gasteiger charge is -2.44. The van der Waals surface area contributed by atoms with Gasteiger partial charge in [0.1, 0.15) is 5.60 Å². The molecule has 0 radical (unpaired) electrons. The van der Waals surface area contributed by atoms with Crippen LogP contribution in [-0.2, 0) is 4.74 Å². The minimum absolute atomic E-state index is 0.150. The van der Waals surface area contributed by atoms with Gasteiger partial charge >= 0.3 is 6.09 Å². The van der Waals surface area contributed by atoms with E-state index in [4.69, 9.17) is 4.74 Å². The second-order valence-corrected chi connectivity index (χ2v) is 2.85. The quantitative estimate of drug-likeness (QED) is 0.477. The van der Waals surface area contributed by atoms with Crippen molar-refractivity contribution in [1.82, 2.24) is 10.6 Å². The summed E-state index contributed by atoms with van der Waals surface area (Å²) in [6, 6.07) is 0. The third-order valence-corrected chi connectivity index (χ3v) is 2.05. The molecule has 10 heavy (non-hydrogen) atoms. The average Bonchev–Trinajstić information content (AvgIpc) is 1.85. The number of hydrogen-bond donors (Lipinski definition) is 2. The topological polar surface area (TPSA) is 50.4 Å². The lowest BCUT2D eigenvalue weighted by atomic mass is 9.92. The number of carbonyl (C=O) groups excluding carboxylic acids is 1. The van der Waals surface area contributed by atoms with Gasteiger partial charge in [-0.2, -0.15) is 0 Å². The molecule has 0 unspecified atom stereocenters. The molecule has 0 atom stereocenters. The number of amides is 1. The van der Waals surface area contributed by atoms with Gasteiger partial charge in [-0.15, -0.1) is 0 Å². The van der Waals surface area contributed by atoms with Crippen molar-refractivity contribution in [1.29, 1.82) is 0 Å². The van der Waals surface area contributed by atoms with E-state index in [0.717, 1.165) is 26.1 Å². The van der Waals surface area contributed by atoms with Crippen LogP contribution in [0.2, 0.25) is 0 Å². The highest BCUT2D eigenvalue weighted by Gasteiger charge is 2.42. The van der Waals surface area contributed by atoms with Gasteiger partial charge in [-0.1, -0.05) is 0 Å². The van der Waals surface area contributed by atoms with Crippen LogP contribution in [0.25, 0.3) is 0 Å². The Labute approximate surface area is 58.9 Å². The Hall–Kier alpha value is -0.770. The third kappa shape index (κ3) is 0.759. The number of nitrogens with one attached hydrogen (secondary N) is 2. The first-order chi connectivity index (χ1) is 4.81. The zero-order chi connectivity index (χ0) is 7.03. The molecule has 0 aromatic carbocycles. The number of alkyl carbamates (subject to hydrolysis) is 1. The van der Waals surface area contributed by atoms with E-state index < -0.39 is 0 Å². The van der Waals surface area contributed by atoms with E-state index in [1.54, 1.807) is 0 Å². The molecule has 0 aromatic rings. The van der Waals surface area contributed by atoms with Crippen molar-refractivity contribution in [2.24, 2.45) is 0 Å². The van der Waals surface area contributed by atoms with Crippen LogP contribution in [0.5, 0.6) is 0 Å². The van der Waals surface area contributed by atoms with E-state index in [1.165, 1.54) is 0 Å². The first-order valence-corrected chi connectivity index (χ1v) is 3.48. The maximum absolute atomic E-state index is 10.7. The highest BCUT2D eigenvalue weighted by Crippen LogP contribution is 2.23. The van der Waals surface area contributed by atoms with Gasteiger partial charge < -0.3 is 15.4 Å². The van der Waals surface area contributed by atoms with Crippen LogP contribution < -0.4 is 10.6 Å². The standard InChI is InChI=1S/C6H10N2O2/c9-5-8-2-1-6(10-5)3-7-4-6/h7H,1-4H2,(H,8,9). The van der Waals surface area contributed by atoms with Gasteiger partial charge in [-0.05, 0) is 0 Å². The summed E-state index contributed by atoms with van der Waals surface area (Å²) in [5.74, 6) is 0. The van der Waals surface area contributed by atoms with Crippen LogP contribution >= 0.6 is 0 Å². The van der Waals surface area contributed by atoms with Crippen molar-refractivity contribution in [3.8, 4) is 0 Å². The molecular formula is C6H10N2O2. The SMILES string of the molecule is O=C1NCCC2(CNC2)O1. The first kappa shape index (κ1) is 5.97. The molecule has 0 bridgehead atoms. The van der Waals surface area contributed by atoms with Crippen molar-refractivity contribution in [2.75, 3.05) is 19.6 Å². The normalized spacial score (nSPS) is 28.6. The lowest BCUT2D eigenvalue weighted by Crippen LogP contribution is -2.65. The summed E-state index contributed by atoms with van der Waals surface area (Å²) < 4.78 is 5.10. The molecular weight excluding hydrogens is 132 g/mol. The van der Waals surface area contributed by atoms with Crippen LogP contribution in [-0.4, -0.2) is 31.3 Å². The molecule has 4 heteroatoms. The van der Waals surface area contributed by atoms with E-state index >= 15 is 0 Å². The van der Waals surface area contributed by atoms with E-state index in [1.807, 2.05) is 0 Å². The van der Waals surface area contributed by atoms with Gasteiger partial charge in [0.25, 0.3) is 0 Å². The molecule has 2 rings (SSSR count). The fraction of sp³-hybridized carbons (Fsp3) is 0.833. The highest BCUT2D eigenvalue weighted by molar-refractivity contribution is 5.68. The van der Waals surface area contributed by atoms with E-state index in [-0.39, 0.29) is 11.7 Å². The Morgan fingerprint density at radius 1 is 1.50 bits per heavy atom. The first-order valence-electron chi connectivity index (χ1n) is 3.48.